The van der Waals surface area contributed by atoms with Crippen molar-refractivity contribution in [1.82, 2.24) is 15.1 Å². The quantitative estimate of drug-likeness (QED) is 0.880. The van der Waals surface area contributed by atoms with Crippen molar-refractivity contribution in [3.05, 3.63) is 40.7 Å². The zero-order valence-corrected chi connectivity index (χ0v) is 14.0. The summed E-state index contributed by atoms with van der Waals surface area (Å²) in [5.74, 6) is -2.26. The van der Waals surface area contributed by atoms with Crippen LogP contribution in [-0.2, 0) is 13.1 Å². The molecule has 1 aromatic carbocycles. The molecule has 0 saturated carbocycles. The number of hydrogen-bond donors (Lipinski definition) is 2. The summed E-state index contributed by atoms with van der Waals surface area (Å²) in [7, 11) is 1.17. The number of rotatable bonds is 5. The minimum absolute atomic E-state index is 0.000923. The van der Waals surface area contributed by atoms with Gasteiger partial charge in [-0.2, -0.15) is 5.10 Å². The second-order valence-corrected chi connectivity index (χ2v) is 5.25. The molecule has 0 saturated heterocycles. The van der Waals surface area contributed by atoms with E-state index in [1.807, 2.05) is 25.5 Å². The highest BCUT2D eigenvalue weighted by atomic mass is 19.1. The number of nitrogens with one attached hydrogen (secondary N) is 2. The Balaban J connectivity index is 2.03. The van der Waals surface area contributed by atoms with Crippen LogP contribution < -0.4 is 15.4 Å². The maximum Gasteiger partial charge on any atom is 0.319 e. The molecule has 2 rings (SSSR count). The third-order valence-corrected chi connectivity index (χ3v) is 3.72. The second kappa shape index (κ2) is 7.29. The molecule has 0 aliphatic heterocycles. The van der Waals surface area contributed by atoms with Crippen molar-refractivity contribution in [3.63, 3.8) is 0 Å². The number of urea groups is 1. The number of aromatic nitrogens is 2. The van der Waals surface area contributed by atoms with Gasteiger partial charge in [0.1, 0.15) is 0 Å². The van der Waals surface area contributed by atoms with Gasteiger partial charge >= 0.3 is 6.03 Å². The molecule has 0 fully saturated rings. The lowest BCUT2D eigenvalue weighted by atomic mass is 10.2. The molecule has 0 radical (unpaired) electrons. The highest BCUT2D eigenvalue weighted by Gasteiger charge is 2.14. The first-order valence-electron chi connectivity index (χ1n) is 7.48. The molecule has 2 aromatic rings. The SMILES string of the molecule is CCn1nc(C)c(CNC(=O)Nc2cc(F)c(OC)c(F)c2)c1C. The minimum atomic E-state index is -0.885. The van der Waals surface area contributed by atoms with E-state index in [2.05, 4.69) is 20.5 Å². The second-order valence-electron chi connectivity index (χ2n) is 5.25. The molecule has 2 amide bonds. The predicted molar refractivity (Wildman–Crippen MR) is 86.1 cm³/mol. The molecule has 0 spiro atoms. The van der Waals surface area contributed by atoms with Crippen LogP contribution in [0.2, 0.25) is 0 Å². The van der Waals surface area contributed by atoms with E-state index in [9.17, 15) is 13.6 Å². The van der Waals surface area contributed by atoms with Crippen LogP contribution in [0.3, 0.4) is 0 Å². The Labute approximate surface area is 138 Å². The maximum absolute atomic E-state index is 13.6. The normalized spacial score (nSPS) is 10.6. The van der Waals surface area contributed by atoms with Gasteiger partial charge in [-0.3, -0.25) is 4.68 Å². The number of carbonyl (C=O) groups excluding carboxylic acids is 1. The number of carbonyl (C=O) groups is 1. The fraction of sp³-hybridized carbons (Fsp3) is 0.375. The van der Waals surface area contributed by atoms with Gasteiger partial charge in [-0.25, -0.2) is 13.6 Å². The smallest absolute Gasteiger partial charge is 0.319 e. The number of halogens is 2. The fourth-order valence-electron chi connectivity index (χ4n) is 2.47. The Morgan fingerprint density at radius 2 is 1.92 bits per heavy atom. The van der Waals surface area contributed by atoms with E-state index in [1.54, 1.807) is 0 Å². The lowest BCUT2D eigenvalue weighted by Gasteiger charge is -2.10. The van der Waals surface area contributed by atoms with Gasteiger partial charge in [0.25, 0.3) is 0 Å². The van der Waals surface area contributed by atoms with Gasteiger partial charge in [0.15, 0.2) is 17.4 Å². The summed E-state index contributed by atoms with van der Waals surface area (Å²) in [5.41, 5.74) is 2.72. The average Bonchev–Trinajstić information content (AvgIpc) is 2.79. The first kappa shape index (κ1) is 17.7. The van der Waals surface area contributed by atoms with Crippen LogP contribution in [0.4, 0.5) is 19.3 Å². The topological polar surface area (TPSA) is 68.2 Å². The summed E-state index contributed by atoms with van der Waals surface area (Å²) in [5, 5.41) is 9.41. The first-order chi connectivity index (χ1) is 11.4. The van der Waals surface area contributed by atoms with Crippen LogP contribution in [0.5, 0.6) is 5.75 Å². The van der Waals surface area contributed by atoms with E-state index in [-0.39, 0.29) is 12.2 Å². The van der Waals surface area contributed by atoms with Crippen molar-refractivity contribution in [2.75, 3.05) is 12.4 Å². The lowest BCUT2D eigenvalue weighted by Crippen LogP contribution is -2.28. The predicted octanol–water partition coefficient (Wildman–Crippen LogP) is 3.13. The van der Waals surface area contributed by atoms with Crippen molar-refractivity contribution in [2.45, 2.75) is 33.9 Å². The van der Waals surface area contributed by atoms with Crippen molar-refractivity contribution < 1.29 is 18.3 Å². The largest absolute Gasteiger partial charge is 0.491 e. The van der Waals surface area contributed by atoms with E-state index in [1.165, 1.54) is 7.11 Å². The number of benzene rings is 1. The number of methoxy groups -OCH3 is 1. The fourth-order valence-corrected chi connectivity index (χ4v) is 2.47. The molecule has 0 aliphatic carbocycles. The van der Waals surface area contributed by atoms with E-state index in [0.717, 1.165) is 35.6 Å². The minimum Gasteiger partial charge on any atom is -0.491 e. The van der Waals surface area contributed by atoms with Crippen LogP contribution in [-0.4, -0.2) is 22.9 Å². The molecule has 0 atom stereocenters. The average molecular weight is 338 g/mol. The van der Waals surface area contributed by atoms with Crippen molar-refractivity contribution in [2.24, 2.45) is 0 Å². The van der Waals surface area contributed by atoms with E-state index in [4.69, 9.17) is 0 Å². The third-order valence-electron chi connectivity index (χ3n) is 3.72. The van der Waals surface area contributed by atoms with Gasteiger partial charge in [-0.05, 0) is 20.8 Å². The summed E-state index contributed by atoms with van der Waals surface area (Å²) in [6, 6.07) is 1.42. The van der Waals surface area contributed by atoms with Gasteiger partial charge < -0.3 is 15.4 Å². The van der Waals surface area contributed by atoms with Crippen LogP contribution in [0.1, 0.15) is 23.9 Å². The number of nitrogens with zero attached hydrogens (tertiary/aromatic N) is 2. The van der Waals surface area contributed by atoms with Crippen LogP contribution >= 0.6 is 0 Å². The van der Waals surface area contributed by atoms with Gasteiger partial charge in [0.2, 0.25) is 0 Å². The molecule has 0 aliphatic rings. The van der Waals surface area contributed by atoms with Gasteiger partial charge in [-0.1, -0.05) is 0 Å². The Bertz CT molecular complexity index is 736. The molecule has 1 aromatic heterocycles. The summed E-state index contributed by atoms with van der Waals surface area (Å²) in [6.07, 6.45) is 0. The van der Waals surface area contributed by atoms with E-state index >= 15 is 0 Å². The Morgan fingerprint density at radius 1 is 1.29 bits per heavy atom. The van der Waals surface area contributed by atoms with Crippen molar-refractivity contribution >= 4 is 11.7 Å². The zero-order valence-electron chi connectivity index (χ0n) is 14.0. The highest BCUT2D eigenvalue weighted by molar-refractivity contribution is 5.89. The molecule has 0 unspecified atom stereocenters. The molecule has 6 nitrogen and oxygen atoms in total. The summed E-state index contributed by atoms with van der Waals surface area (Å²) in [4.78, 5) is 11.9. The Morgan fingerprint density at radius 3 is 2.42 bits per heavy atom. The van der Waals surface area contributed by atoms with Gasteiger partial charge in [0, 0.05) is 42.2 Å². The first-order valence-corrected chi connectivity index (χ1v) is 7.48. The molecular weight excluding hydrogens is 318 g/mol. The van der Waals surface area contributed by atoms with Crippen molar-refractivity contribution in [3.8, 4) is 5.75 Å². The number of amides is 2. The maximum atomic E-state index is 13.6. The van der Waals surface area contributed by atoms with Gasteiger partial charge in [-0.15, -0.1) is 0 Å². The van der Waals surface area contributed by atoms with Crippen LogP contribution in [0.15, 0.2) is 12.1 Å². The number of aryl methyl sites for hydroxylation is 2. The number of anilines is 1. The molecule has 1 heterocycles. The monoisotopic (exact) mass is 338 g/mol. The molecule has 8 heteroatoms. The zero-order chi connectivity index (χ0) is 17.9. The van der Waals surface area contributed by atoms with Crippen molar-refractivity contribution in [1.29, 1.82) is 0 Å². The number of hydrogen-bond acceptors (Lipinski definition) is 3. The summed E-state index contributed by atoms with van der Waals surface area (Å²) in [6.45, 7) is 6.78. The Hall–Kier alpha value is -2.64. The van der Waals surface area contributed by atoms with E-state index < -0.39 is 23.4 Å². The summed E-state index contributed by atoms with van der Waals surface area (Å²) < 4.78 is 33.7. The standard InChI is InChI=1S/C16H20F2N4O2/c1-5-22-10(3)12(9(2)21-22)8-19-16(23)20-11-6-13(17)15(24-4)14(18)7-11/h6-7H,5,8H2,1-4H3,(H2,19,20,23). The summed E-state index contributed by atoms with van der Waals surface area (Å²) >= 11 is 0. The van der Waals surface area contributed by atoms with Gasteiger partial charge in [0.05, 0.1) is 12.8 Å². The van der Waals surface area contributed by atoms with Crippen LogP contribution in [0.25, 0.3) is 0 Å². The van der Waals surface area contributed by atoms with Crippen LogP contribution in [0, 0.1) is 25.5 Å². The highest BCUT2D eigenvalue weighted by Crippen LogP contribution is 2.25. The lowest BCUT2D eigenvalue weighted by molar-refractivity contribution is 0.251. The Kier molecular flexibility index (Phi) is 5.38. The molecule has 24 heavy (non-hydrogen) atoms. The molecule has 2 N–H and O–H groups in total. The number of ether oxygens (including phenoxy) is 1. The molecular formula is C16H20F2N4O2. The molecule has 0 bridgehead atoms. The van der Waals surface area contributed by atoms with E-state index in [0.29, 0.717) is 0 Å². The third kappa shape index (κ3) is 3.64. The molecule has 130 valence electrons.